The van der Waals surface area contributed by atoms with Gasteiger partial charge in [0.2, 0.25) is 0 Å². The van der Waals surface area contributed by atoms with Gasteiger partial charge in [-0.3, -0.25) is 0 Å². The fraction of sp³-hybridized carbons (Fsp3) is 0.0714. The van der Waals surface area contributed by atoms with Gasteiger partial charge in [0.15, 0.2) is 0 Å². The molecule has 0 aliphatic heterocycles. The monoisotopic (exact) mass is 292 g/mol. The summed E-state index contributed by atoms with van der Waals surface area (Å²) < 4.78 is 5.22. The van der Waals surface area contributed by atoms with Crippen molar-refractivity contribution in [3.8, 4) is 27.7 Å². The number of aromatic nitrogens is 2. The zero-order chi connectivity index (χ0) is 12.4. The number of benzene rings is 1. The predicted octanol–water partition coefficient (Wildman–Crippen LogP) is 4.24. The van der Waals surface area contributed by atoms with E-state index in [0.717, 1.165) is 27.7 Å². The van der Waals surface area contributed by atoms with E-state index in [1.54, 1.807) is 18.4 Å². The van der Waals surface area contributed by atoms with Gasteiger partial charge in [-0.1, -0.05) is 18.2 Å². The molecule has 0 bridgehead atoms. The molecule has 0 amide bonds. The van der Waals surface area contributed by atoms with Crippen molar-refractivity contribution in [2.24, 2.45) is 0 Å². The fourth-order valence-corrected chi connectivity index (χ4v) is 2.47. The molecule has 2 heterocycles. The van der Waals surface area contributed by atoms with Gasteiger partial charge < -0.3 is 9.72 Å². The van der Waals surface area contributed by atoms with Crippen molar-refractivity contribution in [1.29, 1.82) is 0 Å². The van der Waals surface area contributed by atoms with Gasteiger partial charge in [-0.05, 0) is 23.6 Å². The zero-order valence-electron chi connectivity index (χ0n) is 10.3. The molecule has 0 aliphatic carbocycles. The van der Waals surface area contributed by atoms with Crippen molar-refractivity contribution in [3.63, 3.8) is 0 Å². The average molecular weight is 293 g/mol. The first-order chi connectivity index (χ1) is 8.86. The molecule has 2 aromatic heterocycles. The van der Waals surface area contributed by atoms with Crippen LogP contribution < -0.4 is 4.74 Å². The molecule has 3 nitrogen and oxygen atoms in total. The van der Waals surface area contributed by atoms with Gasteiger partial charge >= 0.3 is 0 Å². The van der Waals surface area contributed by atoms with Crippen molar-refractivity contribution < 1.29 is 4.74 Å². The lowest BCUT2D eigenvalue weighted by Crippen LogP contribution is -1.83. The second-order valence-electron chi connectivity index (χ2n) is 3.85. The quantitative estimate of drug-likeness (QED) is 0.784. The summed E-state index contributed by atoms with van der Waals surface area (Å²) in [5.41, 5.74) is 2.07. The minimum Gasteiger partial charge on any atom is -0.497 e. The van der Waals surface area contributed by atoms with Crippen molar-refractivity contribution in [3.05, 3.63) is 48.0 Å². The van der Waals surface area contributed by atoms with Crippen LogP contribution in [0.25, 0.3) is 22.0 Å². The van der Waals surface area contributed by atoms with Crippen LogP contribution >= 0.6 is 23.7 Å². The van der Waals surface area contributed by atoms with Gasteiger partial charge in [0, 0.05) is 5.56 Å². The summed E-state index contributed by atoms with van der Waals surface area (Å²) in [5, 5.41) is 2.04. The van der Waals surface area contributed by atoms with Crippen LogP contribution in [0, 0.1) is 0 Å². The van der Waals surface area contributed by atoms with Crippen molar-refractivity contribution in [1.82, 2.24) is 9.97 Å². The van der Waals surface area contributed by atoms with E-state index in [1.807, 2.05) is 41.9 Å². The minimum atomic E-state index is 0. The Kier molecular flexibility index (Phi) is 4.24. The maximum absolute atomic E-state index is 5.22. The van der Waals surface area contributed by atoms with Crippen LogP contribution in [-0.2, 0) is 0 Å². The number of thiophene rings is 1. The van der Waals surface area contributed by atoms with Gasteiger partial charge in [-0.15, -0.1) is 23.7 Å². The summed E-state index contributed by atoms with van der Waals surface area (Å²) in [4.78, 5) is 8.87. The third kappa shape index (κ3) is 2.80. The van der Waals surface area contributed by atoms with Gasteiger partial charge in [0.1, 0.15) is 11.6 Å². The summed E-state index contributed by atoms with van der Waals surface area (Å²) in [6, 6.07) is 12.0. The molecule has 0 fully saturated rings. The summed E-state index contributed by atoms with van der Waals surface area (Å²) in [6.07, 6.45) is 1.85. The molecule has 5 heteroatoms. The lowest BCUT2D eigenvalue weighted by molar-refractivity contribution is 0.415. The second-order valence-corrected chi connectivity index (χ2v) is 4.80. The van der Waals surface area contributed by atoms with E-state index in [1.165, 1.54) is 0 Å². The number of halogens is 1. The average Bonchev–Trinajstić information content (AvgIpc) is 3.09. The highest BCUT2D eigenvalue weighted by atomic mass is 35.5. The number of methoxy groups -OCH3 is 1. The Morgan fingerprint density at radius 2 is 2.11 bits per heavy atom. The van der Waals surface area contributed by atoms with E-state index in [0.29, 0.717) is 0 Å². The molecule has 0 atom stereocenters. The number of aromatic amines is 1. The number of hydrogen-bond acceptors (Lipinski definition) is 3. The van der Waals surface area contributed by atoms with E-state index in [4.69, 9.17) is 4.74 Å². The Hall–Kier alpha value is -1.78. The number of H-pyrrole nitrogens is 1. The number of ether oxygens (including phenoxy) is 1. The molecule has 1 aromatic carbocycles. The van der Waals surface area contributed by atoms with Gasteiger partial charge in [-0.2, -0.15) is 0 Å². The molecule has 0 radical (unpaired) electrons. The Morgan fingerprint density at radius 1 is 1.21 bits per heavy atom. The molecular weight excluding hydrogens is 280 g/mol. The number of nitrogens with zero attached hydrogens (tertiary/aromatic N) is 1. The van der Waals surface area contributed by atoms with E-state index >= 15 is 0 Å². The SMILES string of the molecule is COc1cccc(-c2cnc(-c3cccs3)[nH]2)c1.Cl. The number of rotatable bonds is 3. The van der Waals surface area contributed by atoms with Gasteiger partial charge in [0.05, 0.1) is 23.9 Å². The largest absolute Gasteiger partial charge is 0.497 e. The molecule has 0 unspecified atom stereocenters. The molecule has 1 N–H and O–H groups in total. The number of imidazole rings is 1. The summed E-state index contributed by atoms with van der Waals surface area (Å²) >= 11 is 1.67. The van der Waals surface area contributed by atoms with Crippen LogP contribution in [-0.4, -0.2) is 17.1 Å². The third-order valence-electron chi connectivity index (χ3n) is 2.71. The summed E-state index contributed by atoms with van der Waals surface area (Å²) in [5.74, 6) is 1.75. The van der Waals surface area contributed by atoms with Crippen LogP contribution in [0.5, 0.6) is 5.75 Å². The van der Waals surface area contributed by atoms with Crippen molar-refractivity contribution in [2.45, 2.75) is 0 Å². The van der Waals surface area contributed by atoms with Gasteiger partial charge in [0.25, 0.3) is 0 Å². The fourth-order valence-electron chi connectivity index (χ4n) is 1.80. The zero-order valence-corrected chi connectivity index (χ0v) is 11.9. The molecule has 3 aromatic rings. The highest BCUT2D eigenvalue weighted by molar-refractivity contribution is 7.13. The molecule has 98 valence electrons. The van der Waals surface area contributed by atoms with E-state index in [-0.39, 0.29) is 12.4 Å². The second kappa shape index (κ2) is 5.91. The van der Waals surface area contributed by atoms with Crippen LogP contribution in [0.15, 0.2) is 48.0 Å². The van der Waals surface area contributed by atoms with Gasteiger partial charge in [-0.25, -0.2) is 4.98 Å². The first kappa shape index (κ1) is 13.6. The maximum atomic E-state index is 5.22. The lowest BCUT2D eigenvalue weighted by atomic mass is 10.1. The molecule has 19 heavy (non-hydrogen) atoms. The number of nitrogens with one attached hydrogen (secondary N) is 1. The van der Waals surface area contributed by atoms with Crippen LogP contribution in [0.1, 0.15) is 0 Å². The van der Waals surface area contributed by atoms with Crippen LogP contribution in [0.4, 0.5) is 0 Å². The highest BCUT2D eigenvalue weighted by Gasteiger charge is 2.06. The molecule has 0 aliphatic rings. The molecular formula is C14H13ClN2OS. The van der Waals surface area contributed by atoms with Crippen molar-refractivity contribution >= 4 is 23.7 Å². The summed E-state index contributed by atoms with van der Waals surface area (Å²) in [6.45, 7) is 0. The molecule has 0 spiro atoms. The Balaban J connectivity index is 0.00000133. The smallest absolute Gasteiger partial charge is 0.147 e. The Morgan fingerprint density at radius 3 is 2.84 bits per heavy atom. The number of hydrogen-bond donors (Lipinski definition) is 1. The molecule has 3 rings (SSSR count). The van der Waals surface area contributed by atoms with E-state index < -0.39 is 0 Å². The standard InChI is InChI=1S/C14H12N2OS.ClH/c1-17-11-5-2-4-10(8-11)12-9-15-14(16-12)13-6-3-7-18-13;/h2-9H,1H3,(H,15,16);1H. The lowest BCUT2D eigenvalue weighted by Gasteiger charge is -2.01. The van der Waals surface area contributed by atoms with E-state index in [9.17, 15) is 0 Å². The predicted molar refractivity (Wildman–Crippen MR) is 81.1 cm³/mol. The van der Waals surface area contributed by atoms with Crippen molar-refractivity contribution in [2.75, 3.05) is 7.11 Å². The third-order valence-corrected chi connectivity index (χ3v) is 3.59. The maximum Gasteiger partial charge on any atom is 0.147 e. The topological polar surface area (TPSA) is 37.9 Å². The van der Waals surface area contributed by atoms with E-state index in [2.05, 4.69) is 16.0 Å². The first-order valence-corrected chi connectivity index (χ1v) is 6.48. The highest BCUT2D eigenvalue weighted by Crippen LogP contribution is 2.26. The summed E-state index contributed by atoms with van der Waals surface area (Å²) in [7, 11) is 1.67. The van der Waals surface area contributed by atoms with Crippen LogP contribution in [0.3, 0.4) is 0 Å². The molecule has 0 saturated carbocycles. The molecule has 0 saturated heterocycles. The first-order valence-electron chi connectivity index (χ1n) is 5.60. The Bertz CT molecular complexity index is 649. The Labute approximate surface area is 121 Å². The van der Waals surface area contributed by atoms with Crippen LogP contribution in [0.2, 0.25) is 0 Å². The normalized spacial score (nSPS) is 9.95. The minimum absolute atomic E-state index is 0.